The van der Waals surface area contributed by atoms with Crippen LogP contribution in [0.25, 0.3) is 0 Å². The van der Waals surface area contributed by atoms with Gasteiger partial charge in [0.05, 0.1) is 0 Å². The molecule has 1 unspecified atom stereocenters. The standard InChI is InChI=1S/C13H16O4/c1-7-5-8(2)10-9(6-7)13(16,11(14)17-10)12(3,4)15/h5-6,15-16H,1-4H3. The van der Waals surface area contributed by atoms with E-state index < -0.39 is 17.2 Å². The third-order valence-corrected chi connectivity index (χ3v) is 3.18. The van der Waals surface area contributed by atoms with Crippen molar-refractivity contribution in [3.05, 3.63) is 28.8 Å². The Bertz CT molecular complexity index is 499. The number of benzene rings is 1. The first kappa shape index (κ1) is 12.1. The lowest BCUT2D eigenvalue weighted by molar-refractivity contribution is -0.179. The zero-order valence-electron chi connectivity index (χ0n) is 10.4. The maximum absolute atomic E-state index is 11.8. The predicted octanol–water partition coefficient (Wildman–Crippen LogP) is 1.18. The lowest BCUT2D eigenvalue weighted by Crippen LogP contribution is -2.51. The second-order valence-electron chi connectivity index (χ2n) is 5.12. The van der Waals surface area contributed by atoms with Gasteiger partial charge in [0.15, 0.2) is 0 Å². The number of hydrogen-bond acceptors (Lipinski definition) is 4. The summed E-state index contributed by atoms with van der Waals surface area (Å²) in [5, 5.41) is 20.5. The number of fused-ring (bicyclic) bond motifs is 1. The largest absolute Gasteiger partial charge is 0.423 e. The molecule has 17 heavy (non-hydrogen) atoms. The number of carbonyl (C=O) groups excluding carboxylic acids is 1. The van der Waals surface area contributed by atoms with Crippen LogP contribution in [0.1, 0.15) is 30.5 Å². The summed E-state index contributed by atoms with van der Waals surface area (Å²) in [6.45, 7) is 6.44. The van der Waals surface area contributed by atoms with Crippen LogP contribution in [0.3, 0.4) is 0 Å². The zero-order valence-corrected chi connectivity index (χ0v) is 10.4. The van der Waals surface area contributed by atoms with Gasteiger partial charge in [0.2, 0.25) is 5.60 Å². The first-order chi connectivity index (χ1) is 7.68. The van der Waals surface area contributed by atoms with Gasteiger partial charge in [0.1, 0.15) is 11.4 Å². The molecule has 0 amide bonds. The minimum absolute atomic E-state index is 0.340. The molecule has 2 rings (SSSR count). The highest BCUT2D eigenvalue weighted by atomic mass is 16.6. The molecule has 0 aromatic heterocycles. The first-order valence-electron chi connectivity index (χ1n) is 5.46. The van der Waals surface area contributed by atoms with Crippen LogP contribution in [-0.4, -0.2) is 21.8 Å². The van der Waals surface area contributed by atoms with Gasteiger partial charge in [0, 0.05) is 5.56 Å². The summed E-state index contributed by atoms with van der Waals surface area (Å²) >= 11 is 0. The Kier molecular flexibility index (Phi) is 2.35. The van der Waals surface area contributed by atoms with Gasteiger partial charge in [-0.05, 0) is 39.3 Å². The molecule has 0 bridgehead atoms. The fraction of sp³-hybridized carbons (Fsp3) is 0.462. The summed E-state index contributed by atoms with van der Waals surface area (Å²) in [5.41, 5.74) is -1.59. The van der Waals surface area contributed by atoms with Crippen LogP contribution in [0, 0.1) is 13.8 Å². The number of aryl methyl sites for hydroxylation is 2. The van der Waals surface area contributed by atoms with E-state index in [-0.39, 0.29) is 0 Å². The monoisotopic (exact) mass is 236 g/mol. The number of carbonyl (C=O) groups is 1. The summed E-state index contributed by atoms with van der Waals surface area (Å²) in [4.78, 5) is 11.8. The minimum Gasteiger partial charge on any atom is -0.423 e. The summed E-state index contributed by atoms with van der Waals surface area (Å²) in [5.74, 6) is -0.473. The number of hydrogen-bond donors (Lipinski definition) is 2. The second kappa shape index (κ2) is 3.31. The van der Waals surface area contributed by atoms with Crippen molar-refractivity contribution in [3.63, 3.8) is 0 Å². The molecule has 92 valence electrons. The average molecular weight is 236 g/mol. The van der Waals surface area contributed by atoms with E-state index in [0.29, 0.717) is 11.3 Å². The average Bonchev–Trinajstić information content (AvgIpc) is 2.42. The third-order valence-electron chi connectivity index (χ3n) is 3.18. The van der Waals surface area contributed by atoms with Crippen molar-refractivity contribution < 1.29 is 19.7 Å². The maximum Gasteiger partial charge on any atom is 0.351 e. The van der Waals surface area contributed by atoms with Crippen LogP contribution < -0.4 is 4.74 Å². The first-order valence-corrected chi connectivity index (χ1v) is 5.46. The molecular weight excluding hydrogens is 220 g/mol. The van der Waals surface area contributed by atoms with E-state index in [1.54, 1.807) is 13.0 Å². The molecule has 0 saturated heterocycles. The van der Waals surface area contributed by atoms with E-state index in [9.17, 15) is 15.0 Å². The van der Waals surface area contributed by atoms with Crippen LogP contribution in [0.15, 0.2) is 12.1 Å². The SMILES string of the molecule is Cc1cc(C)c2c(c1)C(O)(C(C)(C)O)C(=O)O2. The summed E-state index contributed by atoms with van der Waals surface area (Å²) in [7, 11) is 0. The molecule has 1 aromatic carbocycles. The number of rotatable bonds is 1. The van der Waals surface area contributed by atoms with Crippen molar-refractivity contribution in [1.82, 2.24) is 0 Å². The van der Waals surface area contributed by atoms with Crippen LogP contribution in [0.2, 0.25) is 0 Å². The Morgan fingerprint density at radius 3 is 2.41 bits per heavy atom. The Morgan fingerprint density at radius 1 is 1.29 bits per heavy atom. The molecule has 0 spiro atoms. The number of ether oxygens (including phenoxy) is 1. The van der Waals surface area contributed by atoms with E-state index in [4.69, 9.17) is 4.74 Å². The van der Waals surface area contributed by atoms with Gasteiger partial charge >= 0.3 is 5.97 Å². The highest BCUT2D eigenvalue weighted by Crippen LogP contribution is 2.46. The van der Waals surface area contributed by atoms with Crippen LogP contribution in [0.4, 0.5) is 0 Å². The van der Waals surface area contributed by atoms with Crippen LogP contribution in [-0.2, 0) is 10.4 Å². The molecule has 1 aromatic rings. The second-order valence-corrected chi connectivity index (χ2v) is 5.12. The fourth-order valence-corrected chi connectivity index (χ4v) is 2.21. The lowest BCUT2D eigenvalue weighted by atomic mass is 9.80. The predicted molar refractivity (Wildman–Crippen MR) is 61.7 cm³/mol. The van der Waals surface area contributed by atoms with E-state index in [0.717, 1.165) is 11.1 Å². The maximum atomic E-state index is 11.8. The van der Waals surface area contributed by atoms with E-state index in [1.165, 1.54) is 13.8 Å². The fourth-order valence-electron chi connectivity index (χ4n) is 2.21. The Morgan fingerprint density at radius 2 is 1.88 bits per heavy atom. The molecular formula is C13H16O4. The van der Waals surface area contributed by atoms with Gasteiger partial charge in [0.25, 0.3) is 0 Å². The Balaban J connectivity index is 2.74. The quantitative estimate of drug-likeness (QED) is 0.567. The topological polar surface area (TPSA) is 66.8 Å². The minimum atomic E-state index is -2.00. The normalized spacial score (nSPS) is 23.5. The van der Waals surface area contributed by atoms with E-state index in [1.807, 2.05) is 13.0 Å². The summed E-state index contributed by atoms with van der Waals surface area (Å²) < 4.78 is 5.09. The van der Waals surface area contributed by atoms with Crippen molar-refractivity contribution in [2.24, 2.45) is 0 Å². The van der Waals surface area contributed by atoms with Gasteiger partial charge in [-0.2, -0.15) is 0 Å². The van der Waals surface area contributed by atoms with Crippen molar-refractivity contribution >= 4 is 5.97 Å². The molecule has 1 atom stereocenters. The molecule has 0 radical (unpaired) electrons. The Labute approximate surface area is 99.8 Å². The van der Waals surface area contributed by atoms with E-state index >= 15 is 0 Å². The van der Waals surface area contributed by atoms with Crippen molar-refractivity contribution in [1.29, 1.82) is 0 Å². The lowest BCUT2D eigenvalue weighted by Gasteiger charge is -2.32. The zero-order chi connectivity index (χ0) is 13.0. The molecule has 4 nitrogen and oxygen atoms in total. The van der Waals surface area contributed by atoms with Crippen LogP contribution in [0.5, 0.6) is 5.75 Å². The highest BCUT2D eigenvalue weighted by molar-refractivity contribution is 5.90. The number of aliphatic hydroxyl groups is 2. The Hall–Kier alpha value is -1.39. The summed E-state index contributed by atoms with van der Waals surface area (Å²) in [6, 6.07) is 3.54. The third kappa shape index (κ3) is 1.48. The van der Waals surface area contributed by atoms with E-state index in [2.05, 4.69) is 0 Å². The highest BCUT2D eigenvalue weighted by Gasteiger charge is 2.58. The summed E-state index contributed by atoms with van der Waals surface area (Å²) in [6.07, 6.45) is 0. The molecule has 1 aliphatic rings. The molecule has 1 aliphatic heterocycles. The molecule has 0 saturated carbocycles. The smallest absolute Gasteiger partial charge is 0.351 e. The molecule has 2 N–H and O–H groups in total. The number of esters is 1. The van der Waals surface area contributed by atoms with Gasteiger partial charge in [-0.25, -0.2) is 4.79 Å². The van der Waals surface area contributed by atoms with Gasteiger partial charge in [-0.1, -0.05) is 11.6 Å². The van der Waals surface area contributed by atoms with Gasteiger partial charge < -0.3 is 14.9 Å². The van der Waals surface area contributed by atoms with Crippen molar-refractivity contribution in [2.45, 2.75) is 38.9 Å². The molecule has 0 fully saturated rings. The van der Waals surface area contributed by atoms with Gasteiger partial charge in [-0.15, -0.1) is 0 Å². The molecule has 0 aliphatic carbocycles. The van der Waals surface area contributed by atoms with Crippen LogP contribution >= 0.6 is 0 Å². The van der Waals surface area contributed by atoms with Gasteiger partial charge in [-0.3, -0.25) is 0 Å². The molecule has 4 heteroatoms. The van der Waals surface area contributed by atoms with Crippen molar-refractivity contribution in [2.75, 3.05) is 0 Å². The van der Waals surface area contributed by atoms with Crippen molar-refractivity contribution in [3.8, 4) is 5.75 Å². The molecule has 1 heterocycles.